The summed E-state index contributed by atoms with van der Waals surface area (Å²) in [5, 5.41) is 5.55. The molecule has 2 aromatic carbocycles. The van der Waals surface area contributed by atoms with Crippen molar-refractivity contribution in [3.63, 3.8) is 0 Å². The van der Waals surface area contributed by atoms with Crippen molar-refractivity contribution in [1.29, 1.82) is 0 Å². The minimum Gasteiger partial charge on any atom is -0.351 e. The van der Waals surface area contributed by atoms with E-state index in [4.69, 9.17) is 0 Å². The van der Waals surface area contributed by atoms with Crippen molar-refractivity contribution in [3.05, 3.63) is 60.2 Å². The van der Waals surface area contributed by atoms with E-state index in [1.807, 2.05) is 30.3 Å². The van der Waals surface area contributed by atoms with Crippen molar-refractivity contribution in [2.75, 3.05) is 17.6 Å². The molecule has 0 radical (unpaired) electrons. The van der Waals surface area contributed by atoms with Crippen LogP contribution >= 0.6 is 11.8 Å². The van der Waals surface area contributed by atoms with Crippen molar-refractivity contribution in [1.82, 2.24) is 5.32 Å². The lowest BCUT2D eigenvalue weighted by Gasteiger charge is -2.06. The van der Waals surface area contributed by atoms with Gasteiger partial charge in [0.2, 0.25) is 5.91 Å². The second kappa shape index (κ2) is 8.24. The molecule has 0 bridgehead atoms. The maximum Gasteiger partial charge on any atom is 0.251 e. The van der Waals surface area contributed by atoms with E-state index in [1.165, 1.54) is 11.8 Å². The van der Waals surface area contributed by atoms with Crippen LogP contribution < -0.4 is 10.6 Å². The predicted molar refractivity (Wildman–Crippen MR) is 90.2 cm³/mol. The van der Waals surface area contributed by atoms with E-state index in [1.54, 1.807) is 36.0 Å². The summed E-state index contributed by atoms with van der Waals surface area (Å²) in [4.78, 5) is 24.1. The van der Waals surface area contributed by atoms with Gasteiger partial charge in [0.1, 0.15) is 0 Å². The third-order valence-electron chi connectivity index (χ3n) is 2.87. The Bertz CT molecular complexity index is 627. The van der Waals surface area contributed by atoms with Crippen LogP contribution in [0.25, 0.3) is 0 Å². The monoisotopic (exact) mass is 314 g/mol. The molecule has 0 atom stereocenters. The van der Waals surface area contributed by atoms with Crippen LogP contribution in [-0.2, 0) is 4.79 Å². The Kier molecular flexibility index (Phi) is 6.03. The summed E-state index contributed by atoms with van der Waals surface area (Å²) in [6.45, 7) is 2.05. The van der Waals surface area contributed by atoms with Gasteiger partial charge in [-0.25, -0.2) is 0 Å². The Balaban J connectivity index is 1.76. The lowest BCUT2D eigenvalue weighted by atomic mass is 10.2. The van der Waals surface area contributed by atoms with Crippen molar-refractivity contribution < 1.29 is 9.59 Å². The van der Waals surface area contributed by atoms with Crippen LogP contribution in [0.4, 0.5) is 5.69 Å². The van der Waals surface area contributed by atoms with E-state index in [-0.39, 0.29) is 11.8 Å². The summed E-state index contributed by atoms with van der Waals surface area (Å²) >= 11 is 1.70. The minimum atomic E-state index is -0.130. The molecule has 0 unspecified atom stereocenters. The first-order chi connectivity index (χ1) is 10.6. The van der Waals surface area contributed by atoms with Gasteiger partial charge in [-0.05, 0) is 36.4 Å². The summed E-state index contributed by atoms with van der Waals surface area (Å²) in [6, 6.07) is 16.9. The van der Waals surface area contributed by atoms with Gasteiger partial charge in [-0.1, -0.05) is 18.2 Å². The van der Waals surface area contributed by atoms with E-state index in [9.17, 15) is 9.59 Å². The van der Waals surface area contributed by atoms with Gasteiger partial charge in [-0.15, -0.1) is 11.8 Å². The molecule has 0 aliphatic rings. The van der Waals surface area contributed by atoms with Gasteiger partial charge in [-0.2, -0.15) is 0 Å². The van der Waals surface area contributed by atoms with E-state index >= 15 is 0 Å². The summed E-state index contributed by atoms with van der Waals surface area (Å²) in [7, 11) is 0. The smallest absolute Gasteiger partial charge is 0.251 e. The maximum absolute atomic E-state index is 12.0. The quantitative estimate of drug-likeness (QED) is 0.636. The first kappa shape index (κ1) is 16.1. The molecule has 0 saturated heterocycles. The topological polar surface area (TPSA) is 58.2 Å². The molecule has 0 aliphatic heterocycles. The highest BCUT2D eigenvalue weighted by molar-refractivity contribution is 7.99. The van der Waals surface area contributed by atoms with Crippen LogP contribution in [0.2, 0.25) is 0 Å². The van der Waals surface area contributed by atoms with E-state index in [0.29, 0.717) is 17.8 Å². The highest BCUT2D eigenvalue weighted by atomic mass is 32.2. The molecule has 0 heterocycles. The highest BCUT2D eigenvalue weighted by Gasteiger charge is 2.05. The minimum absolute atomic E-state index is 0.108. The standard InChI is InChI=1S/C17H18N2O2S/c1-13(20)19-15-9-7-14(8-10-15)17(21)18-11-12-22-16-5-3-2-4-6-16/h2-10H,11-12H2,1H3,(H,18,21)(H,19,20). The van der Waals surface area contributed by atoms with Crippen molar-refractivity contribution >= 4 is 29.3 Å². The van der Waals surface area contributed by atoms with E-state index in [2.05, 4.69) is 10.6 Å². The Labute approximate surface area is 134 Å². The number of carbonyl (C=O) groups excluding carboxylic acids is 2. The molecule has 2 amide bonds. The lowest BCUT2D eigenvalue weighted by Crippen LogP contribution is -2.25. The number of hydrogen-bond acceptors (Lipinski definition) is 3. The number of anilines is 1. The van der Waals surface area contributed by atoms with Crippen molar-refractivity contribution in [2.45, 2.75) is 11.8 Å². The largest absolute Gasteiger partial charge is 0.351 e. The zero-order valence-corrected chi connectivity index (χ0v) is 13.2. The molecule has 114 valence electrons. The predicted octanol–water partition coefficient (Wildman–Crippen LogP) is 3.17. The zero-order valence-electron chi connectivity index (χ0n) is 12.3. The summed E-state index contributed by atoms with van der Waals surface area (Å²) in [5.41, 5.74) is 1.27. The van der Waals surface area contributed by atoms with Crippen LogP contribution in [0.1, 0.15) is 17.3 Å². The van der Waals surface area contributed by atoms with Crippen LogP contribution in [0.3, 0.4) is 0 Å². The van der Waals surface area contributed by atoms with Gasteiger partial charge < -0.3 is 10.6 Å². The molecule has 4 nitrogen and oxygen atoms in total. The average Bonchev–Trinajstić information content (AvgIpc) is 2.52. The fourth-order valence-electron chi connectivity index (χ4n) is 1.86. The molecule has 0 aromatic heterocycles. The summed E-state index contributed by atoms with van der Waals surface area (Å²) < 4.78 is 0. The molecule has 2 rings (SSSR count). The van der Waals surface area contributed by atoms with Crippen LogP contribution in [0.5, 0.6) is 0 Å². The molecule has 0 saturated carbocycles. The van der Waals surface area contributed by atoms with Crippen molar-refractivity contribution in [2.24, 2.45) is 0 Å². The first-order valence-electron chi connectivity index (χ1n) is 6.99. The first-order valence-corrected chi connectivity index (χ1v) is 7.97. The van der Waals surface area contributed by atoms with Gasteiger partial charge in [0.15, 0.2) is 0 Å². The number of hydrogen-bond donors (Lipinski definition) is 2. The number of rotatable bonds is 6. The molecule has 0 spiro atoms. The number of thioether (sulfide) groups is 1. The van der Waals surface area contributed by atoms with Gasteiger partial charge >= 0.3 is 0 Å². The molecular weight excluding hydrogens is 296 g/mol. The van der Waals surface area contributed by atoms with Gasteiger partial charge in [-0.3, -0.25) is 9.59 Å². The third kappa shape index (κ3) is 5.26. The van der Waals surface area contributed by atoms with Gasteiger partial charge in [0, 0.05) is 35.4 Å². The second-order valence-corrected chi connectivity index (χ2v) is 5.84. The van der Waals surface area contributed by atoms with Crippen LogP contribution in [-0.4, -0.2) is 24.1 Å². The molecule has 0 aliphatic carbocycles. The Morgan fingerprint density at radius 1 is 1.00 bits per heavy atom. The Morgan fingerprint density at radius 2 is 1.68 bits per heavy atom. The Hall–Kier alpha value is -2.27. The fourth-order valence-corrected chi connectivity index (χ4v) is 2.65. The van der Waals surface area contributed by atoms with Gasteiger partial charge in [0.25, 0.3) is 5.91 Å². The van der Waals surface area contributed by atoms with E-state index < -0.39 is 0 Å². The zero-order chi connectivity index (χ0) is 15.8. The number of benzene rings is 2. The highest BCUT2D eigenvalue weighted by Crippen LogP contribution is 2.16. The SMILES string of the molecule is CC(=O)Nc1ccc(C(=O)NCCSc2ccccc2)cc1. The molecule has 2 aromatic rings. The molecule has 22 heavy (non-hydrogen) atoms. The molecular formula is C17H18N2O2S. The molecule has 2 N–H and O–H groups in total. The fraction of sp³-hybridized carbons (Fsp3) is 0.176. The molecule has 0 fully saturated rings. The van der Waals surface area contributed by atoms with E-state index in [0.717, 1.165) is 5.75 Å². The van der Waals surface area contributed by atoms with Crippen molar-refractivity contribution in [3.8, 4) is 0 Å². The lowest BCUT2D eigenvalue weighted by molar-refractivity contribution is -0.114. The normalized spacial score (nSPS) is 10.0. The van der Waals surface area contributed by atoms with Crippen LogP contribution in [0, 0.1) is 0 Å². The number of carbonyl (C=O) groups is 2. The van der Waals surface area contributed by atoms with Gasteiger partial charge in [0.05, 0.1) is 0 Å². The number of nitrogens with one attached hydrogen (secondary N) is 2. The van der Waals surface area contributed by atoms with Crippen LogP contribution in [0.15, 0.2) is 59.5 Å². The molecule has 5 heteroatoms. The number of amides is 2. The third-order valence-corrected chi connectivity index (χ3v) is 3.88. The maximum atomic E-state index is 12.0. The Morgan fingerprint density at radius 3 is 2.32 bits per heavy atom. The average molecular weight is 314 g/mol. The summed E-state index contributed by atoms with van der Waals surface area (Å²) in [5.74, 6) is 0.581. The second-order valence-electron chi connectivity index (χ2n) is 4.68. The summed E-state index contributed by atoms with van der Waals surface area (Å²) in [6.07, 6.45) is 0.